The van der Waals surface area contributed by atoms with E-state index >= 15 is 0 Å². The Morgan fingerprint density at radius 3 is 2.44 bits per heavy atom. The van der Waals surface area contributed by atoms with Crippen molar-refractivity contribution >= 4 is 26.8 Å². The number of aryl methyl sites for hydroxylation is 1. The van der Waals surface area contributed by atoms with E-state index in [1.54, 1.807) is 22.5 Å². The van der Waals surface area contributed by atoms with Gasteiger partial charge in [-0.1, -0.05) is 6.92 Å². The Morgan fingerprint density at radius 2 is 1.78 bits per heavy atom. The van der Waals surface area contributed by atoms with Crippen LogP contribution < -0.4 is 0 Å². The molecule has 0 bridgehead atoms. The fourth-order valence-corrected chi connectivity index (χ4v) is 5.63. The number of hydrogen-bond donors (Lipinski definition) is 1. The minimum atomic E-state index is -3.50. The molecule has 1 aromatic heterocycles. The number of rotatable bonds is 3. The fraction of sp³-hybridized carbons (Fsp3) is 0.550. The highest BCUT2D eigenvalue weighted by molar-refractivity contribution is 7.89. The number of hydrogen-bond acceptors (Lipinski definition) is 3. The second kappa shape index (κ2) is 6.95. The van der Waals surface area contributed by atoms with Gasteiger partial charge < -0.3 is 9.88 Å². The van der Waals surface area contributed by atoms with E-state index in [0.717, 1.165) is 55.2 Å². The molecule has 0 saturated carbocycles. The van der Waals surface area contributed by atoms with Crippen LogP contribution in [-0.2, 0) is 10.0 Å². The molecule has 0 spiro atoms. The van der Waals surface area contributed by atoms with Gasteiger partial charge in [-0.3, -0.25) is 4.79 Å². The minimum absolute atomic E-state index is 0.00984. The van der Waals surface area contributed by atoms with Gasteiger partial charge in [-0.05, 0) is 62.3 Å². The van der Waals surface area contributed by atoms with Crippen LogP contribution in [0.15, 0.2) is 23.1 Å². The molecule has 2 aromatic rings. The van der Waals surface area contributed by atoms with Crippen LogP contribution in [-0.4, -0.2) is 54.7 Å². The normalized spacial score (nSPS) is 19.9. The standard InChI is InChI=1S/C20H27N3O3S/c1-14-7-11-23(12-8-14)27(25,26)16-5-6-18-17(13-16)15(2)19(21-18)20(24)22-9-3-4-10-22/h5-6,13-14,21H,3-4,7-12H2,1-2H3. The number of fused-ring (bicyclic) bond motifs is 1. The first-order valence-electron chi connectivity index (χ1n) is 9.79. The molecule has 1 amide bonds. The molecule has 4 rings (SSSR count). The molecule has 0 atom stereocenters. The first-order chi connectivity index (χ1) is 12.9. The Balaban J connectivity index is 1.68. The Labute approximate surface area is 160 Å². The zero-order valence-corrected chi connectivity index (χ0v) is 16.8. The molecule has 2 aliphatic rings. The predicted molar refractivity (Wildman–Crippen MR) is 105 cm³/mol. The third-order valence-electron chi connectivity index (χ3n) is 6.02. The van der Waals surface area contributed by atoms with E-state index in [9.17, 15) is 13.2 Å². The topological polar surface area (TPSA) is 73.5 Å². The Morgan fingerprint density at radius 1 is 1.11 bits per heavy atom. The molecule has 1 aromatic carbocycles. The Kier molecular flexibility index (Phi) is 4.76. The number of H-pyrrole nitrogens is 1. The van der Waals surface area contributed by atoms with Gasteiger partial charge in [0.2, 0.25) is 10.0 Å². The van der Waals surface area contributed by atoms with Crippen LogP contribution >= 0.6 is 0 Å². The maximum Gasteiger partial charge on any atom is 0.270 e. The Bertz CT molecular complexity index is 966. The summed E-state index contributed by atoms with van der Waals surface area (Å²) in [5.41, 5.74) is 2.21. The average molecular weight is 390 g/mol. The van der Waals surface area contributed by atoms with Crippen LogP contribution in [0.4, 0.5) is 0 Å². The molecule has 0 radical (unpaired) electrons. The largest absolute Gasteiger partial charge is 0.350 e. The summed E-state index contributed by atoms with van der Waals surface area (Å²) in [6.45, 7) is 6.79. The maximum atomic E-state index is 13.0. The summed E-state index contributed by atoms with van der Waals surface area (Å²) in [6, 6.07) is 5.15. The number of benzene rings is 1. The lowest BCUT2D eigenvalue weighted by Gasteiger charge is -2.29. The lowest BCUT2D eigenvalue weighted by Crippen LogP contribution is -2.37. The zero-order valence-electron chi connectivity index (χ0n) is 16.0. The summed E-state index contributed by atoms with van der Waals surface area (Å²) in [5.74, 6) is 0.584. The number of amides is 1. The number of aromatic nitrogens is 1. The summed E-state index contributed by atoms with van der Waals surface area (Å²) in [5, 5.41) is 0.809. The van der Waals surface area contributed by atoms with Gasteiger partial charge in [0.15, 0.2) is 0 Å². The summed E-state index contributed by atoms with van der Waals surface area (Å²) >= 11 is 0. The van der Waals surface area contributed by atoms with Gasteiger partial charge >= 0.3 is 0 Å². The first-order valence-corrected chi connectivity index (χ1v) is 11.2. The van der Waals surface area contributed by atoms with Gasteiger partial charge in [0.1, 0.15) is 5.69 Å². The number of aromatic amines is 1. The molecule has 3 heterocycles. The zero-order chi connectivity index (χ0) is 19.2. The van der Waals surface area contributed by atoms with Crippen LogP contribution in [0.1, 0.15) is 48.7 Å². The second-order valence-corrected chi connectivity index (χ2v) is 9.86. The summed E-state index contributed by atoms with van der Waals surface area (Å²) in [4.78, 5) is 18.1. The number of nitrogens with zero attached hydrogens (tertiary/aromatic N) is 2. The van der Waals surface area contributed by atoms with Crippen molar-refractivity contribution in [1.29, 1.82) is 0 Å². The van der Waals surface area contributed by atoms with Crippen molar-refractivity contribution in [3.05, 3.63) is 29.5 Å². The third-order valence-corrected chi connectivity index (χ3v) is 7.91. The summed E-state index contributed by atoms with van der Waals surface area (Å²) < 4.78 is 27.7. The van der Waals surface area contributed by atoms with E-state index < -0.39 is 10.0 Å². The first kappa shape index (κ1) is 18.5. The van der Waals surface area contributed by atoms with Crippen LogP contribution in [0.25, 0.3) is 10.9 Å². The van der Waals surface area contributed by atoms with Crippen LogP contribution in [0, 0.1) is 12.8 Å². The van der Waals surface area contributed by atoms with Crippen LogP contribution in [0.2, 0.25) is 0 Å². The lowest BCUT2D eigenvalue weighted by molar-refractivity contribution is 0.0787. The van der Waals surface area contributed by atoms with E-state index in [1.807, 2.05) is 11.8 Å². The number of sulfonamides is 1. The summed E-state index contributed by atoms with van der Waals surface area (Å²) in [6.07, 6.45) is 3.89. The SMILES string of the molecule is Cc1c(C(=O)N2CCCC2)[nH]c2ccc(S(=O)(=O)N3CCC(C)CC3)cc12. The van der Waals surface area contributed by atoms with Crippen LogP contribution in [0.5, 0.6) is 0 Å². The lowest BCUT2D eigenvalue weighted by atomic mass is 10.0. The molecule has 7 heteroatoms. The number of likely N-dealkylation sites (tertiary alicyclic amines) is 1. The molecular formula is C20H27N3O3S. The number of nitrogens with one attached hydrogen (secondary N) is 1. The van der Waals surface area contributed by atoms with E-state index in [-0.39, 0.29) is 5.91 Å². The highest BCUT2D eigenvalue weighted by atomic mass is 32.2. The monoisotopic (exact) mass is 389 g/mol. The molecule has 2 saturated heterocycles. The molecule has 146 valence electrons. The fourth-order valence-electron chi connectivity index (χ4n) is 4.13. The van der Waals surface area contributed by atoms with Gasteiger partial charge in [-0.25, -0.2) is 8.42 Å². The van der Waals surface area contributed by atoms with Crippen molar-refractivity contribution in [3.8, 4) is 0 Å². The quantitative estimate of drug-likeness (QED) is 0.876. The van der Waals surface area contributed by atoms with E-state index in [2.05, 4.69) is 11.9 Å². The van der Waals surface area contributed by atoms with E-state index in [0.29, 0.717) is 29.6 Å². The van der Waals surface area contributed by atoms with Crippen molar-refractivity contribution in [2.45, 2.75) is 44.4 Å². The van der Waals surface area contributed by atoms with Gasteiger partial charge in [-0.15, -0.1) is 0 Å². The maximum absolute atomic E-state index is 13.0. The van der Waals surface area contributed by atoms with Gasteiger partial charge in [-0.2, -0.15) is 4.31 Å². The van der Waals surface area contributed by atoms with Crippen molar-refractivity contribution in [2.75, 3.05) is 26.2 Å². The highest BCUT2D eigenvalue weighted by Crippen LogP contribution is 2.29. The van der Waals surface area contributed by atoms with E-state index in [4.69, 9.17) is 0 Å². The van der Waals surface area contributed by atoms with Crippen molar-refractivity contribution in [3.63, 3.8) is 0 Å². The second-order valence-electron chi connectivity index (χ2n) is 7.92. The molecular weight excluding hydrogens is 362 g/mol. The molecule has 6 nitrogen and oxygen atoms in total. The molecule has 2 fully saturated rings. The van der Waals surface area contributed by atoms with Crippen LogP contribution in [0.3, 0.4) is 0 Å². The average Bonchev–Trinajstić information content (AvgIpc) is 3.30. The number of carbonyl (C=O) groups is 1. The molecule has 0 aliphatic carbocycles. The molecule has 0 unspecified atom stereocenters. The molecule has 2 aliphatic heterocycles. The van der Waals surface area contributed by atoms with Gasteiger partial charge in [0.05, 0.1) is 4.90 Å². The van der Waals surface area contributed by atoms with Gasteiger partial charge in [0.25, 0.3) is 5.91 Å². The summed E-state index contributed by atoms with van der Waals surface area (Å²) in [7, 11) is -3.50. The predicted octanol–water partition coefficient (Wildman–Crippen LogP) is 3.13. The van der Waals surface area contributed by atoms with Crippen molar-refractivity contribution in [2.24, 2.45) is 5.92 Å². The molecule has 27 heavy (non-hydrogen) atoms. The van der Waals surface area contributed by atoms with Crippen molar-refractivity contribution < 1.29 is 13.2 Å². The van der Waals surface area contributed by atoms with Gasteiger partial charge in [0, 0.05) is 37.1 Å². The number of piperidine rings is 1. The minimum Gasteiger partial charge on any atom is -0.350 e. The Hall–Kier alpha value is -1.86. The number of carbonyl (C=O) groups excluding carboxylic acids is 1. The highest BCUT2D eigenvalue weighted by Gasteiger charge is 2.29. The smallest absolute Gasteiger partial charge is 0.270 e. The van der Waals surface area contributed by atoms with E-state index in [1.165, 1.54) is 0 Å². The van der Waals surface area contributed by atoms with Crippen molar-refractivity contribution in [1.82, 2.24) is 14.2 Å². The molecule has 1 N–H and O–H groups in total. The third kappa shape index (κ3) is 3.27.